The van der Waals surface area contributed by atoms with Gasteiger partial charge in [-0.25, -0.2) is 8.42 Å². The third-order valence-corrected chi connectivity index (χ3v) is 2.82. The number of thiazole rings is 1. The van der Waals surface area contributed by atoms with Crippen LogP contribution in [0.2, 0.25) is 0 Å². The molecule has 0 saturated heterocycles. The first-order valence-corrected chi connectivity index (χ1v) is 4.35. The quantitative estimate of drug-likeness (QED) is 0.590. The molecule has 4 nitrogen and oxygen atoms in total. The Hall–Kier alpha value is -0.460. The minimum atomic E-state index is -3.75. The summed E-state index contributed by atoms with van der Waals surface area (Å²) in [6.45, 7) is 0. The lowest BCUT2D eigenvalue weighted by Gasteiger charge is -1.83. The molecule has 1 aromatic heterocycles. The first kappa shape index (κ1) is 6.66. The van der Waals surface area contributed by atoms with Gasteiger partial charge in [-0.1, -0.05) is 0 Å². The lowest BCUT2D eigenvalue weighted by molar-refractivity contribution is 0.598. The van der Waals surface area contributed by atoms with Crippen molar-refractivity contribution in [3.63, 3.8) is 0 Å². The highest BCUT2D eigenvalue weighted by Gasteiger charge is 2.08. The standard InChI is InChI=1S/C3H3N2O2S2/c4-9(6,7)3-1-5-2-8-3/h1-2,4H. The highest BCUT2D eigenvalue weighted by Crippen LogP contribution is 2.10. The molecule has 0 aliphatic rings. The second-order valence-corrected chi connectivity index (χ2v) is 3.92. The SMILES string of the molecule is [NH]S(=O)(=O)c1cncs1. The van der Waals surface area contributed by atoms with E-state index in [1.807, 2.05) is 0 Å². The lowest BCUT2D eigenvalue weighted by atomic mass is 11.0. The molecule has 0 aliphatic heterocycles. The van der Waals surface area contributed by atoms with Crippen LogP contribution in [0.5, 0.6) is 0 Å². The average Bonchev–Trinajstić information content (AvgIpc) is 2.08. The van der Waals surface area contributed by atoms with Crippen LogP contribution in [0.3, 0.4) is 0 Å². The molecule has 9 heavy (non-hydrogen) atoms. The van der Waals surface area contributed by atoms with Gasteiger partial charge in [-0.05, 0) is 0 Å². The Kier molecular flexibility index (Phi) is 1.52. The van der Waals surface area contributed by atoms with Gasteiger partial charge in [0.1, 0.15) is 0 Å². The van der Waals surface area contributed by atoms with Crippen molar-refractivity contribution in [3.8, 4) is 0 Å². The average molecular weight is 163 g/mol. The van der Waals surface area contributed by atoms with Gasteiger partial charge in [0.2, 0.25) is 0 Å². The van der Waals surface area contributed by atoms with E-state index in [4.69, 9.17) is 5.14 Å². The molecule has 0 atom stereocenters. The minimum Gasteiger partial charge on any atom is -0.252 e. The molecule has 1 rings (SSSR count). The van der Waals surface area contributed by atoms with E-state index < -0.39 is 10.0 Å². The van der Waals surface area contributed by atoms with Gasteiger partial charge in [0.05, 0.1) is 11.7 Å². The Labute approximate surface area is 56.4 Å². The molecule has 0 fully saturated rings. The van der Waals surface area contributed by atoms with Crippen molar-refractivity contribution in [2.45, 2.75) is 4.21 Å². The van der Waals surface area contributed by atoms with Crippen LogP contribution < -0.4 is 5.14 Å². The van der Waals surface area contributed by atoms with Crippen molar-refractivity contribution < 1.29 is 8.42 Å². The summed E-state index contributed by atoms with van der Waals surface area (Å²) in [5.74, 6) is 0. The number of hydrogen-bond acceptors (Lipinski definition) is 4. The van der Waals surface area contributed by atoms with E-state index in [1.165, 1.54) is 5.51 Å². The normalized spacial score (nSPS) is 11.7. The molecular weight excluding hydrogens is 160 g/mol. The maximum atomic E-state index is 10.3. The molecule has 6 heteroatoms. The molecule has 49 valence electrons. The van der Waals surface area contributed by atoms with Crippen molar-refractivity contribution in [1.82, 2.24) is 10.1 Å². The molecule has 0 aromatic carbocycles. The smallest absolute Gasteiger partial charge is 0.252 e. The molecule has 0 spiro atoms. The van der Waals surface area contributed by atoms with Gasteiger partial charge < -0.3 is 0 Å². The van der Waals surface area contributed by atoms with Crippen LogP contribution in [0.4, 0.5) is 0 Å². The topological polar surface area (TPSA) is 70.8 Å². The molecule has 0 saturated carbocycles. The van der Waals surface area contributed by atoms with Crippen LogP contribution >= 0.6 is 11.3 Å². The maximum Gasteiger partial charge on any atom is 0.265 e. The molecule has 1 aromatic rings. The predicted molar refractivity (Wildman–Crippen MR) is 32.4 cm³/mol. The van der Waals surface area contributed by atoms with Crippen molar-refractivity contribution in [2.75, 3.05) is 0 Å². The van der Waals surface area contributed by atoms with E-state index in [9.17, 15) is 8.42 Å². The van der Waals surface area contributed by atoms with Crippen molar-refractivity contribution in [2.24, 2.45) is 0 Å². The highest BCUT2D eigenvalue weighted by molar-refractivity contribution is 7.90. The minimum absolute atomic E-state index is 0.0116. The summed E-state index contributed by atoms with van der Waals surface area (Å²) in [5, 5.41) is 6.53. The summed E-state index contributed by atoms with van der Waals surface area (Å²) in [6.07, 6.45) is 1.16. The fourth-order valence-electron chi connectivity index (χ4n) is 0.337. The Balaban J connectivity index is 3.20. The molecule has 1 radical (unpaired) electrons. The largest absolute Gasteiger partial charge is 0.265 e. The first-order chi connectivity index (χ1) is 4.11. The van der Waals surface area contributed by atoms with E-state index in [2.05, 4.69) is 4.98 Å². The van der Waals surface area contributed by atoms with E-state index in [1.54, 1.807) is 0 Å². The number of sulfonamides is 1. The van der Waals surface area contributed by atoms with Gasteiger partial charge in [0, 0.05) is 0 Å². The number of nitrogens with zero attached hydrogens (tertiary/aromatic N) is 1. The molecule has 1 heterocycles. The van der Waals surface area contributed by atoms with Gasteiger partial charge in [-0.15, -0.1) is 16.5 Å². The Bertz CT molecular complexity index is 275. The maximum absolute atomic E-state index is 10.3. The Morgan fingerprint density at radius 1 is 1.67 bits per heavy atom. The molecule has 0 bridgehead atoms. The Morgan fingerprint density at radius 2 is 2.33 bits per heavy atom. The summed E-state index contributed by atoms with van der Waals surface area (Å²) in [4.78, 5) is 3.51. The van der Waals surface area contributed by atoms with Crippen molar-refractivity contribution >= 4 is 21.4 Å². The van der Waals surface area contributed by atoms with Crippen LogP contribution in [-0.4, -0.2) is 13.4 Å². The van der Waals surface area contributed by atoms with E-state index in [0.29, 0.717) is 0 Å². The zero-order chi connectivity index (χ0) is 6.91. The Morgan fingerprint density at radius 3 is 2.56 bits per heavy atom. The number of rotatable bonds is 1. The molecule has 0 amide bonds. The number of hydrogen-bond donors (Lipinski definition) is 0. The van der Waals surface area contributed by atoms with Crippen LogP contribution in [-0.2, 0) is 10.0 Å². The van der Waals surface area contributed by atoms with Gasteiger partial charge in [0.25, 0.3) is 10.0 Å². The third-order valence-electron chi connectivity index (χ3n) is 0.675. The van der Waals surface area contributed by atoms with Crippen LogP contribution in [0.15, 0.2) is 15.9 Å². The summed E-state index contributed by atoms with van der Waals surface area (Å²) in [7, 11) is -3.75. The fraction of sp³-hybridized carbons (Fsp3) is 0. The zero-order valence-electron chi connectivity index (χ0n) is 4.23. The van der Waals surface area contributed by atoms with Crippen molar-refractivity contribution in [1.29, 1.82) is 0 Å². The van der Waals surface area contributed by atoms with Crippen molar-refractivity contribution in [3.05, 3.63) is 11.7 Å². The molecule has 1 N–H and O–H groups in total. The van der Waals surface area contributed by atoms with Crippen LogP contribution in [0, 0.1) is 0 Å². The van der Waals surface area contributed by atoms with E-state index in [0.717, 1.165) is 17.5 Å². The monoisotopic (exact) mass is 163 g/mol. The van der Waals surface area contributed by atoms with Crippen LogP contribution in [0.1, 0.15) is 0 Å². The summed E-state index contributed by atoms with van der Waals surface area (Å²) < 4.78 is 20.7. The van der Waals surface area contributed by atoms with Gasteiger partial charge >= 0.3 is 0 Å². The number of nitrogens with one attached hydrogen (secondary N) is 1. The predicted octanol–water partition coefficient (Wildman–Crippen LogP) is 0.115. The highest BCUT2D eigenvalue weighted by atomic mass is 32.2. The van der Waals surface area contributed by atoms with Gasteiger partial charge in [-0.3, -0.25) is 4.98 Å². The number of aromatic nitrogens is 1. The third kappa shape index (κ3) is 1.47. The summed E-state index contributed by atoms with van der Waals surface area (Å²) in [5.41, 5.74) is 1.38. The van der Waals surface area contributed by atoms with Crippen LogP contribution in [0.25, 0.3) is 0 Å². The summed E-state index contributed by atoms with van der Waals surface area (Å²) in [6, 6.07) is 0. The second kappa shape index (κ2) is 2.05. The van der Waals surface area contributed by atoms with Gasteiger partial charge in [0.15, 0.2) is 4.21 Å². The van der Waals surface area contributed by atoms with E-state index in [-0.39, 0.29) is 4.21 Å². The lowest BCUT2D eigenvalue weighted by Crippen LogP contribution is -1.96. The molecular formula is C3H3N2O2S2. The first-order valence-electron chi connectivity index (χ1n) is 1.99. The second-order valence-electron chi connectivity index (χ2n) is 1.32. The molecule has 0 unspecified atom stereocenters. The molecule has 0 aliphatic carbocycles. The van der Waals surface area contributed by atoms with E-state index >= 15 is 0 Å². The van der Waals surface area contributed by atoms with Gasteiger partial charge in [-0.2, -0.15) is 0 Å². The zero-order valence-corrected chi connectivity index (χ0v) is 5.87. The summed E-state index contributed by atoms with van der Waals surface area (Å²) >= 11 is 0.943. The fourth-order valence-corrected chi connectivity index (χ4v) is 1.52.